The number of fused-ring (bicyclic) bond motifs is 2. The Morgan fingerprint density at radius 3 is 2.57 bits per heavy atom. The van der Waals surface area contributed by atoms with Gasteiger partial charge in [0.2, 0.25) is 0 Å². The van der Waals surface area contributed by atoms with E-state index in [1.165, 1.54) is 0 Å². The molecule has 1 aromatic heterocycles. The molecule has 150 valence electrons. The van der Waals surface area contributed by atoms with E-state index in [1.54, 1.807) is 11.3 Å². The van der Waals surface area contributed by atoms with Crippen molar-refractivity contribution >= 4 is 31.5 Å². The van der Waals surface area contributed by atoms with Gasteiger partial charge < -0.3 is 20.7 Å². The summed E-state index contributed by atoms with van der Waals surface area (Å²) in [5.41, 5.74) is 6.00. The van der Waals surface area contributed by atoms with Crippen LogP contribution in [-0.4, -0.2) is 35.6 Å². The minimum atomic E-state index is -0.986. The molecule has 0 unspecified atom stereocenters. The van der Waals surface area contributed by atoms with E-state index in [-0.39, 0.29) is 18.6 Å². The molecule has 1 heterocycles. The second kappa shape index (κ2) is 9.01. The number of unbranched alkanes of at least 4 members (excludes halogenated alkanes) is 1. The normalized spacial score (nSPS) is 12.0. The van der Waals surface area contributed by atoms with E-state index in [0.29, 0.717) is 30.2 Å². The molecular weight excluding hydrogens is 374 g/mol. The lowest BCUT2D eigenvalue weighted by molar-refractivity contribution is 0.115. The van der Waals surface area contributed by atoms with Crippen molar-refractivity contribution in [2.24, 2.45) is 5.73 Å². The Bertz CT molecular complexity index is 1010. The van der Waals surface area contributed by atoms with E-state index in [4.69, 9.17) is 10.5 Å². The Kier molecular flexibility index (Phi) is 6.67. The third-order valence-corrected chi connectivity index (χ3v) is 6.15. The predicted molar refractivity (Wildman–Crippen MR) is 115 cm³/mol. The average Bonchev–Trinajstić information content (AvgIpc) is 2.72. The van der Waals surface area contributed by atoms with E-state index in [1.807, 2.05) is 36.4 Å². The summed E-state index contributed by atoms with van der Waals surface area (Å²) in [6.45, 7) is 2.24. The van der Waals surface area contributed by atoms with Gasteiger partial charge in [0.05, 0.1) is 25.4 Å². The van der Waals surface area contributed by atoms with Crippen LogP contribution >= 0.6 is 11.3 Å². The van der Waals surface area contributed by atoms with Gasteiger partial charge in [-0.1, -0.05) is 19.4 Å². The van der Waals surface area contributed by atoms with Crippen LogP contribution in [0.5, 0.6) is 5.75 Å². The maximum atomic E-state index is 13.0. The number of ether oxygens (including phenoxy) is 1. The zero-order chi connectivity index (χ0) is 20.1. The Morgan fingerprint density at radius 2 is 1.86 bits per heavy atom. The van der Waals surface area contributed by atoms with Crippen LogP contribution in [0, 0.1) is 0 Å². The molecule has 0 spiro atoms. The highest BCUT2D eigenvalue weighted by Gasteiger charge is 2.22. The molecule has 0 fully saturated rings. The number of benzene rings is 2. The Balaban J connectivity index is 1.91. The summed E-state index contributed by atoms with van der Waals surface area (Å²) in [6, 6.07) is 11.5. The Morgan fingerprint density at radius 1 is 1.07 bits per heavy atom. The summed E-state index contributed by atoms with van der Waals surface area (Å²) < 4.78 is 7.59. The van der Waals surface area contributed by atoms with Crippen LogP contribution < -0.4 is 15.9 Å². The number of hydrogen-bond acceptors (Lipinski definition) is 6. The van der Waals surface area contributed by atoms with E-state index >= 15 is 0 Å². The first-order valence-electron chi connectivity index (χ1n) is 9.62. The molecule has 3 rings (SSSR count). The molecule has 0 aliphatic carbocycles. The summed E-state index contributed by atoms with van der Waals surface area (Å²) in [4.78, 5) is 13.0. The fourth-order valence-corrected chi connectivity index (χ4v) is 4.17. The van der Waals surface area contributed by atoms with Crippen molar-refractivity contribution in [3.8, 4) is 5.75 Å². The van der Waals surface area contributed by atoms with Gasteiger partial charge in [-0.3, -0.25) is 4.79 Å². The van der Waals surface area contributed by atoms with Gasteiger partial charge in [0.25, 0.3) is 0 Å². The average molecular weight is 402 g/mol. The van der Waals surface area contributed by atoms with Gasteiger partial charge in [-0.15, -0.1) is 11.3 Å². The van der Waals surface area contributed by atoms with Gasteiger partial charge in [0, 0.05) is 20.2 Å². The van der Waals surface area contributed by atoms with Crippen molar-refractivity contribution < 1.29 is 14.9 Å². The molecule has 2 aromatic carbocycles. The van der Waals surface area contributed by atoms with E-state index in [0.717, 1.165) is 33.6 Å². The summed E-state index contributed by atoms with van der Waals surface area (Å²) in [5, 5.41) is 20.1. The van der Waals surface area contributed by atoms with Crippen molar-refractivity contribution in [2.45, 2.75) is 38.1 Å². The quantitative estimate of drug-likeness (QED) is 0.378. The maximum absolute atomic E-state index is 13.0. The van der Waals surface area contributed by atoms with E-state index < -0.39 is 5.54 Å². The molecule has 0 amide bonds. The second-order valence-electron chi connectivity index (χ2n) is 7.30. The van der Waals surface area contributed by atoms with Crippen molar-refractivity contribution in [3.63, 3.8) is 0 Å². The van der Waals surface area contributed by atoms with Gasteiger partial charge in [-0.05, 0) is 55.2 Å². The summed E-state index contributed by atoms with van der Waals surface area (Å²) in [6.07, 6.45) is 3.14. The largest absolute Gasteiger partial charge is 0.494 e. The standard InChI is InChI=1S/C22H27NO4S/c1-2-3-10-27-16-5-7-19-18(12-16)21(26)17-6-4-15(11-20(17)28-19)8-9-22(23,13-24)14-25/h4-7,11-12,24-25H,2-3,8-10,13-14,23H2,1H3. The summed E-state index contributed by atoms with van der Waals surface area (Å²) in [7, 11) is 0. The molecule has 3 aromatic rings. The number of hydrogen-bond donors (Lipinski definition) is 3. The van der Waals surface area contributed by atoms with Crippen LogP contribution in [0.1, 0.15) is 31.7 Å². The van der Waals surface area contributed by atoms with Crippen LogP contribution in [-0.2, 0) is 6.42 Å². The molecule has 0 saturated heterocycles. The highest BCUT2D eigenvalue weighted by atomic mass is 32.1. The molecule has 0 bridgehead atoms. The van der Waals surface area contributed by atoms with Gasteiger partial charge in [-0.2, -0.15) is 0 Å². The van der Waals surface area contributed by atoms with Crippen LogP contribution in [0.4, 0.5) is 0 Å². The zero-order valence-corrected chi connectivity index (χ0v) is 16.9. The number of rotatable bonds is 9. The SMILES string of the molecule is CCCCOc1ccc2sc3cc(CCC(N)(CO)CO)ccc3c(=O)c2c1. The Hall–Kier alpha value is -1.99. The fourth-order valence-electron chi connectivity index (χ4n) is 3.06. The van der Waals surface area contributed by atoms with Gasteiger partial charge in [-0.25, -0.2) is 0 Å². The fraction of sp³-hybridized carbons (Fsp3) is 0.409. The third-order valence-electron chi connectivity index (χ3n) is 5.01. The number of aryl methyl sites for hydroxylation is 1. The molecule has 0 aliphatic heterocycles. The first-order valence-corrected chi connectivity index (χ1v) is 10.4. The minimum absolute atomic E-state index is 0.00938. The molecule has 5 nitrogen and oxygen atoms in total. The van der Waals surface area contributed by atoms with Gasteiger partial charge in [0.15, 0.2) is 5.43 Å². The lowest BCUT2D eigenvalue weighted by atomic mass is 9.94. The topological polar surface area (TPSA) is 92.8 Å². The van der Waals surface area contributed by atoms with E-state index in [9.17, 15) is 15.0 Å². The first kappa shape index (κ1) is 20.7. The van der Waals surface area contributed by atoms with Crippen LogP contribution in [0.3, 0.4) is 0 Å². The first-order chi connectivity index (χ1) is 13.5. The highest BCUT2D eigenvalue weighted by molar-refractivity contribution is 7.24. The second-order valence-corrected chi connectivity index (χ2v) is 8.38. The van der Waals surface area contributed by atoms with Crippen LogP contribution in [0.25, 0.3) is 20.2 Å². The molecule has 6 heteroatoms. The molecule has 28 heavy (non-hydrogen) atoms. The monoisotopic (exact) mass is 401 g/mol. The predicted octanol–water partition coefficient (Wildman–Crippen LogP) is 3.21. The van der Waals surface area contributed by atoms with Crippen molar-refractivity contribution in [2.75, 3.05) is 19.8 Å². The number of nitrogens with two attached hydrogens (primary N) is 1. The smallest absolute Gasteiger partial charge is 0.196 e. The third kappa shape index (κ3) is 4.52. The van der Waals surface area contributed by atoms with E-state index in [2.05, 4.69) is 6.92 Å². The molecule has 0 saturated carbocycles. The zero-order valence-electron chi connectivity index (χ0n) is 16.1. The van der Waals surface area contributed by atoms with Crippen molar-refractivity contribution in [3.05, 3.63) is 52.2 Å². The van der Waals surface area contributed by atoms with Gasteiger partial charge in [0.1, 0.15) is 5.75 Å². The number of aliphatic hydroxyl groups excluding tert-OH is 2. The molecular formula is C22H27NO4S. The molecule has 0 atom stereocenters. The lowest BCUT2D eigenvalue weighted by Gasteiger charge is -2.24. The Labute approximate surface area is 168 Å². The van der Waals surface area contributed by atoms with Gasteiger partial charge >= 0.3 is 0 Å². The summed E-state index contributed by atoms with van der Waals surface area (Å²) >= 11 is 1.58. The van der Waals surface area contributed by atoms with Crippen molar-refractivity contribution in [1.82, 2.24) is 0 Å². The molecule has 0 aliphatic rings. The van der Waals surface area contributed by atoms with Crippen LogP contribution in [0.15, 0.2) is 41.2 Å². The molecule has 4 N–H and O–H groups in total. The lowest BCUT2D eigenvalue weighted by Crippen LogP contribution is -2.47. The number of aliphatic hydroxyl groups is 2. The van der Waals surface area contributed by atoms with Crippen molar-refractivity contribution in [1.29, 1.82) is 0 Å². The highest BCUT2D eigenvalue weighted by Crippen LogP contribution is 2.28. The maximum Gasteiger partial charge on any atom is 0.196 e. The summed E-state index contributed by atoms with van der Waals surface area (Å²) in [5.74, 6) is 0.730. The minimum Gasteiger partial charge on any atom is -0.494 e. The molecule has 0 radical (unpaired) electrons. The van der Waals surface area contributed by atoms with Crippen LogP contribution in [0.2, 0.25) is 0 Å².